The molecule has 1 fully saturated rings. The molecule has 154 valence electrons. The van der Waals surface area contributed by atoms with E-state index in [-0.39, 0.29) is 0 Å². The molecule has 0 heterocycles. The molecule has 1 aliphatic rings. The average Bonchev–Trinajstić information content (AvgIpc) is 3.65. The summed E-state index contributed by atoms with van der Waals surface area (Å²) in [7, 11) is 0. The molecule has 0 saturated heterocycles. The first-order valence-electron chi connectivity index (χ1n) is 11.2. The number of hydrogen-bond acceptors (Lipinski definition) is 0. The van der Waals surface area contributed by atoms with Gasteiger partial charge in [0.05, 0.1) is 0 Å². The molecule has 1 unspecified atom stereocenters. The third kappa shape index (κ3) is 11.6. The predicted molar refractivity (Wildman–Crippen MR) is 130 cm³/mol. The minimum absolute atomic E-state index is 0.359. The van der Waals surface area contributed by atoms with Gasteiger partial charge in [-0.05, 0) is 23.1 Å². The molecule has 3 rings (SSSR count). The van der Waals surface area contributed by atoms with Crippen molar-refractivity contribution in [3.8, 4) is 0 Å². The zero-order valence-electron chi connectivity index (χ0n) is 18.8. The van der Waals surface area contributed by atoms with E-state index in [0.717, 1.165) is 6.42 Å². The van der Waals surface area contributed by atoms with Crippen LogP contribution in [0.25, 0.3) is 6.08 Å². The van der Waals surface area contributed by atoms with Gasteiger partial charge in [-0.25, -0.2) is 0 Å². The van der Waals surface area contributed by atoms with E-state index in [2.05, 4.69) is 75.5 Å². The van der Waals surface area contributed by atoms with Crippen LogP contribution in [0.15, 0.2) is 73.8 Å². The Labute approximate surface area is 175 Å². The van der Waals surface area contributed by atoms with E-state index in [1.165, 1.54) is 55.2 Å². The number of benzene rings is 2. The highest BCUT2D eigenvalue weighted by atomic mass is 14.2. The van der Waals surface area contributed by atoms with Crippen LogP contribution in [0.4, 0.5) is 0 Å². The minimum Gasteiger partial charge on any atom is -0.103 e. The first-order valence-corrected chi connectivity index (χ1v) is 11.2. The highest BCUT2D eigenvalue weighted by Gasteiger charge is 2.14. The molecule has 0 aromatic heterocycles. The molecule has 1 aliphatic carbocycles. The van der Waals surface area contributed by atoms with E-state index in [9.17, 15) is 0 Å². The standard InChI is InChI=1S/C18H18.C5H12.C3H6.C2H6/c1-3-10-17(16-12-6-5-7-13-16)18-14-9-8-11-15(18)4-2;1-3-5-4-2;1-2-3-1;1-2/h3-9,11-14,17H,1-2,10H2;3-5H2,1-2H3;1-3H2;1-2H3. The van der Waals surface area contributed by atoms with Gasteiger partial charge < -0.3 is 0 Å². The molecule has 0 radical (unpaired) electrons. The second kappa shape index (κ2) is 18.3. The number of allylic oxidation sites excluding steroid dienone is 1. The molecule has 0 nitrogen and oxygen atoms in total. The highest BCUT2D eigenvalue weighted by Crippen LogP contribution is 2.31. The summed E-state index contributed by atoms with van der Waals surface area (Å²) in [5, 5.41) is 0. The third-order valence-corrected chi connectivity index (χ3v) is 4.26. The third-order valence-electron chi connectivity index (χ3n) is 4.26. The maximum absolute atomic E-state index is 3.90. The van der Waals surface area contributed by atoms with Crippen molar-refractivity contribution in [1.82, 2.24) is 0 Å². The van der Waals surface area contributed by atoms with Crippen molar-refractivity contribution < 1.29 is 0 Å². The smallest absolute Gasteiger partial charge is 0.0130 e. The molecule has 2 aromatic rings. The van der Waals surface area contributed by atoms with Gasteiger partial charge >= 0.3 is 0 Å². The maximum atomic E-state index is 3.90. The Morgan fingerprint density at radius 3 is 1.79 bits per heavy atom. The van der Waals surface area contributed by atoms with Crippen LogP contribution in [-0.4, -0.2) is 0 Å². The monoisotopic (exact) mass is 378 g/mol. The Morgan fingerprint density at radius 2 is 1.36 bits per heavy atom. The van der Waals surface area contributed by atoms with Gasteiger partial charge in [-0.1, -0.05) is 140 Å². The zero-order chi connectivity index (χ0) is 21.0. The van der Waals surface area contributed by atoms with Crippen molar-refractivity contribution in [1.29, 1.82) is 0 Å². The minimum atomic E-state index is 0.359. The van der Waals surface area contributed by atoms with Gasteiger partial charge in [-0.15, -0.1) is 6.58 Å². The molecule has 28 heavy (non-hydrogen) atoms. The van der Waals surface area contributed by atoms with Crippen LogP contribution in [0.3, 0.4) is 0 Å². The van der Waals surface area contributed by atoms with E-state index < -0.39 is 0 Å². The Bertz CT molecular complexity index is 602. The maximum Gasteiger partial charge on any atom is 0.0130 e. The number of rotatable bonds is 7. The van der Waals surface area contributed by atoms with Crippen LogP contribution in [0.2, 0.25) is 0 Å². The van der Waals surface area contributed by atoms with Crippen molar-refractivity contribution in [2.75, 3.05) is 0 Å². The van der Waals surface area contributed by atoms with E-state index in [1.807, 2.05) is 32.1 Å². The lowest BCUT2D eigenvalue weighted by molar-refractivity contribution is 0.772. The van der Waals surface area contributed by atoms with Gasteiger partial charge in [0.25, 0.3) is 0 Å². The molecule has 2 aromatic carbocycles. The summed E-state index contributed by atoms with van der Waals surface area (Å²) in [5.41, 5.74) is 3.85. The molecule has 0 spiro atoms. The topological polar surface area (TPSA) is 0 Å². The van der Waals surface area contributed by atoms with Gasteiger partial charge in [0.2, 0.25) is 0 Å². The summed E-state index contributed by atoms with van der Waals surface area (Å²) < 4.78 is 0. The summed E-state index contributed by atoms with van der Waals surface area (Å²) in [6, 6.07) is 19.0. The average molecular weight is 379 g/mol. The molecule has 0 bridgehead atoms. The fourth-order valence-corrected chi connectivity index (χ4v) is 2.66. The van der Waals surface area contributed by atoms with Crippen molar-refractivity contribution in [2.45, 2.75) is 78.6 Å². The van der Waals surface area contributed by atoms with Crippen LogP contribution >= 0.6 is 0 Å². The summed E-state index contributed by atoms with van der Waals surface area (Å²) >= 11 is 0. The Hall–Kier alpha value is -2.08. The van der Waals surface area contributed by atoms with Crippen LogP contribution in [0.1, 0.15) is 95.2 Å². The lowest BCUT2D eigenvalue weighted by Crippen LogP contribution is -2.02. The molecule has 0 amide bonds. The van der Waals surface area contributed by atoms with E-state index in [1.54, 1.807) is 0 Å². The van der Waals surface area contributed by atoms with Crippen LogP contribution in [-0.2, 0) is 0 Å². The van der Waals surface area contributed by atoms with Gasteiger partial charge in [-0.2, -0.15) is 0 Å². The van der Waals surface area contributed by atoms with Crippen molar-refractivity contribution in [2.24, 2.45) is 0 Å². The second-order valence-corrected chi connectivity index (χ2v) is 6.73. The highest BCUT2D eigenvalue weighted by molar-refractivity contribution is 5.54. The molecular formula is C28H42. The molecule has 1 saturated carbocycles. The van der Waals surface area contributed by atoms with E-state index in [0.29, 0.717) is 5.92 Å². The largest absolute Gasteiger partial charge is 0.103 e. The summed E-state index contributed by atoms with van der Waals surface area (Å²) in [6.45, 7) is 16.2. The molecule has 1 atom stereocenters. The van der Waals surface area contributed by atoms with E-state index >= 15 is 0 Å². The lowest BCUT2D eigenvalue weighted by Gasteiger charge is -2.18. The van der Waals surface area contributed by atoms with Crippen LogP contribution in [0.5, 0.6) is 0 Å². The first-order chi connectivity index (χ1) is 13.8. The molecule has 0 aliphatic heterocycles. The quantitative estimate of drug-likeness (QED) is 0.421. The lowest BCUT2D eigenvalue weighted by atomic mass is 9.86. The molecule has 0 N–H and O–H groups in total. The zero-order valence-corrected chi connectivity index (χ0v) is 18.8. The van der Waals surface area contributed by atoms with Crippen molar-refractivity contribution in [3.05, 3.63) is 90.5 Å². The Morgan fingerprint density at radius 1 is 0.821 bits per heavy atom. The Balaban J connectivity index is 0.000000603. The van der Waals surface area contributed by atoms with Crippen molar-refractivity contribution >= 4 is 6.08 Å². The summed E-state index contributed by atoms with van der Waals surface area (Å²) in [5.74, 6) is 0.359. The van der Waals surface area contributed by atoms with Crippen molar-refractivity contribution in [3.63, 3.8) is 0 Å². The molecular weight excluding hydrogens is 336 g/mol. The SMILES string of the molecule is C1CC1.C=CCC(c1ccccc1)c1ccccc1C=C.CC.CCCCC. The fraction of sp³-hybridized carbons (Fsp3) is 0.429. The predicted octanol–water partition coefficient (Wildman–Crippen LogP) is 9.43. The summed E-state index contributed by atoms with van der Waals surface area (Å²) in [6.07, 6.45) is 13.4. The normalized spacial score (nSPS) is 11.9. The number of unbranched alkanes of at least 4 members (excludes halogenated alkanes) is 2. The van der Waals surface area contributed by atoms with Gasteiger partial charge in [0.15, 0.2) is 0 Å². The molecule has 0 heteroatoms. The second-order valence-electron chi connectivity index (χ2n) is 6.73. The van der Waals surface area contributed by atoms with Gasteiger partial charge in [-0.3, -0.25) is 0 Å². The van der Waals surface area contributed by atoms with Crippen LogP contribution < -0.4 is 0 Å². The van der Waals surface area contributed by atoms with Gasteiger partial charge in [0, 0.05) is 5.92 Å². The van der Waals surface area contributed by atoms with Crippen LogP contribution in [0, 0.1) is 0 Å². The Kier molecular flexibility index (Phi) is 16.9. The number of hydrogen-bond donors (Lipinski definition) is 0. The summed E-state index contributed by atoms with van der Waals surface area (Å²) in [4.78, 5) is 0. The first kappa shape index (κ1) is 25.9. The van der Waals surface area contributed by atoms with Gasteiger partial charge in [0.1, 0.15) is 0 Å². The van der Waals surface area contributed by atoms with E-state index in [4.69, 9.17) is 0 Å². The fourth-order valence-electron chi connectivity index (χ4n) is 2.66.